The third-order valence-electron chi connectivity index (χ3n) is 5.47. The molecule has 1 N–H and O–H groups in total. The molecule has 1 saturated heterocycles. The topological polar surface area (TPSA) is 102 Å². The molecular weight excluding hydrogens is 396 g/mol. The molecule has 0 aromatic heterocycles. The molecule has 160 valence electrons. The minimum absolute atomic E-state index is 0.0225. The summed E-state index contributed by atoms with van der Waals surface area (Å²) in [7, 11) is -3.71. The Morgan fingerprint density at radius 3 is 2.66 bits per heavy atom. The summed E-state index contributed by atoms with van der Waals surface area (Å²) in [6.07, 6.45) is 4.27. The van der Waals surface area contributed by atoms with Gasteiger partial charge in [0.1, 0.15) is 0 Å². The summed E-state index contributed by atoms with van der Waals surface area (Å²) in [5.74, 6) is -0.657. The number of rotatable bonds is 6. The zero-order valence-electron chi connectivity index (χ0n) is 16.6. The van der Waals surface area contributed by atoms with Gasteiger partial charge in [-0.05, 0) is 37.0 Å². The van der Waals surface area contributed by atoms with E-state index in [0.717, 1.165) is 19.3 Å². The number of benzene rings is 1. The van der Waals surface area contributed by atoms with Crippen LogP contribution in [-0.2, 0) is 24.3 Å². The predicted molar refractivity (Wildman–Crippen MR) is 106 cm³/mol. The molecule has 1 heterocycles. The van der Waals surface area contributed by atoms with Crippen molar-refractivity contribution in [1.82, 2.24) is 9.62 Å². The zero-order chi connectivity index (χ0) is 20.9. The molecular formula is C20H28N2O6S. The Bertz CT molecular complexity index is 835. The van der Waals surface area contributed by atoms with Gasteiger partial charge in [0.25, 0.3) is 5.91 Å². The van der Waals surface area contributed by atoms with Crippen LogP contribution < -0.4 is 5.32 Å². The zero-order valence-corrected chi connectivity index (χ0v) is 17.4. The Labute approximate surface area is 171 Å². The van der Waals surface area contributed by atoms with E-state index in [9.17, 15) is 18.0 Å². The maximum Gasteiger partial charge on any atom is 0.338 e. The van der Waals surface area contributed by atoms with Gasteiger partial charge in [0, 0.05) is 19.1 Å². The number of sulfonamides is 1. The van der Waals surface area contributed by atoms with Crippen molar-refractivity contribution >= 4 is 21.9 Å². The maximum absolute atomic E-state index is 12.7. The Kier molecular flexibility index (Phi) is 7.26. The van der Waals surface area contributed by atoms with Crippen LogP contribution in [0.1, 0.15) is 43.0 Å². The second kappa shape index (κ2) is 9.69. The minimum atomic E-state index is -3.71. The molecule has 2 fully saturated rings. The van der Waals surface area contributed by atoms with Crippen LogP contribution in [0.4, 0.5) is 0 Å². The molecule has 1 saturated carbocycles. The first-order valence-electron chi connectivity index (χ1n) is 10.0. The predicted octanol–water partition coefficient (Wildman–Crippen LogP) is 1.56. The molecule has 8 nitrogen and oxygen atoms in total. The Hall–Kier alpha value is -1.97. The van der Waals surface area contributed by atoms with Gasteiger partial charge in [-0.2, -0.15) is 4.31 Å². The normalized spacial score (nSPS) is 23.3. The van der Waals surface area contributed by atoms with E-state index in [4.69, 9.17) is 9.47 Å². The highest BCUT2D eigenvalue weighted by Gasteiger charge is 2.27. The Morgan fingerprint density at radius 1 is 1.21 bits per heavy atom. The summed E-state index contributed by atoms with van der Waals surface area (Å²) < 4.78 is 37.1. The van der Waals surface area contributed by atoms with Crippen molar-refractivity contribution < 1.29 is 27.5 Å². The fourth-order valence-electron chi connectivity index (χ4n) is 3.71. The first kappa shape index (κ1) is 21.7. The lowest BCUT2D eigenvalue weighted by atomic mass is 9.86. The minimum Gasteiger partial charge on any atom is -0.452 e. The van der Waals surface area contributed by atoms with Crippen molar-refractivity contribution in [3.05, 3.63) is 29.8 Å². The average Bonchev–Trinajstić information content (AvgIpc) is 2.74. The number of nitrogens with zero attached hydrogens (tertiary/aromatic N) is 1. The molecule has 9 heteroatoms. The molecule has 1 aromatic rings. The lowest BCUT2D eigenvalue weighted by Gasteiger charge is -2.29. The molecule has 29 heavy (non-hydrogen) atoms. The highest BCUT2D eigenvalue weighted by molar-refractivity contribution is 7.89. The first-order chi connectivity index (χ1) is 13.9. The maximum atomic E-state index is 12.7. The van der Waals surface area contributed by atoms with Crippen LogP contribution in [0.2, 0.25) is 0 Å². The van der Waals surface area contributed by atoms with Gasteiger partial charge in [0.15, 0.2) is 6.61 Å². The molecule has 0 bridgehead atoms. The van der Waals surface area contributed by atoms with Crippen LogP contribution >= 0.6 is 0 Å². The largest absolute Gasteiger partial charge is 0.452 e. The van der Waals surface area contributed by atoms with E-state index in [1.54, 1.807) is 0 Å². The molecule has 1 aromatic carbocycles. The number of carbonyl (C=O) groups is 2. The molecule has 0 spiro atoms. The summed E-state index contributed by atoms with van der Waals surface area (Å²) in [5, 5.41) is 2.92. The number of hydrogen-bond donors (Lipinski definition) is 1. The summed E-state index contributed by atoms with van der Waals surface area (Å²) in [6.45, 7) is 2.96. The highest BCUT2D eigenvalue weighted by atomic mass is 32.2. The number of nitrogens with one attached hydrogen (secondary N) is 1. The van der Waals surface area contributed by atoms with E-state index in [0.29, 0.717) is 19.1 Å². The van der Waals surface area contributed by atoms with Gasteiger partial charge in [-0.3, -0.25) is 4.79 Å². The van der Waals surface area contributed by atoms with Crippen molar-refractivity contribution in [2.24, 2.45) is 5.92 Å². The molecule has 3 rings (SSSR count). The van der Waals surface area contributed by atoms with Gasteiger partial charge >= 0.3 is 5.97 Å². The molecule has 2 aliphatic rings. The monoisotopic (exact) mass is 424 g/mol. The quantitative estimate of drug-likeness (QED) is 0.696. The van der Waals surface area contributed by atoms with Gasteiger partial charge in [-0.1, -0.05) is 25.8 Å². The number of esters is 1. The van der Waals surface area contributed by atoms with Crippen molar-refractivity contribution in [1.29, 1.82) is 0 Å². The van der Waals surface area contributed by atoms with Crippen molar-refractivity contribution in [2.45, 2.75) is 43.5 Å². The Balaban J connectivity index is 1.58. The van der Waals surface area contributed by atoms with E-state index in [-0.39, 0.29) is 42.1 Å². The van der Waals surface area contributed by atoms with Gasteiger partial charge < -0.3 is 14.8 Å². The fourth-order valence-corrected chi connectivity index (χ4v) is 5.17. The van der Waals surface area contributed by atoms with Crippen molar-refractivity contribution in [3.63, 3.8) is 0 Å². The summed E-state index contributed by atoms with van der Waals surface area (Å²) in [4.78, 5) is 24.5. The Morgan fingerprint density at radius 2 is 1.93 bits per heavy atom. The van der Waals surface area contributed by atoms with E-state index >= 15 is 0 Å². The van der Waals surface area contributed by atoms with E-state index in [1.807, 2.05) is 0 Å². The van der Waals surface area contributed by atoms with Crippen LogP contribution in [0.5, 0.6) is 0 Å². The smallest absolute Gasteiger partial charge is 0.338 e. The second-order valence-corrected chi connectivity index (χ2v) is 9.49. The number of morpholine rings is 1. The third-order valence-corrected chi connectivity index (χ3v) is 7.36. The molecule has 1 amide bonds. The van der Waals surface area contributed by atoms with E-state index in [2.05, 4.69) is 12.2 Å². The molecule has 1 aliphatic carbocycles. The molecule has 1 aliphatic heterocycles. The van der Waals surface area contributed by atoms with Gasteiger partial charge in [-0.15, -0.1) is 0 Å². The van der Waals surface area contributed by atoms with E-state index in [1.165, 1.54) is 35.0 Å². The van der Waals surface area contributed by atoms with Crippen LogP contribution in [0.3, 0.4) is 0 Å². The van der Waals surface area contributed by atoms with Crippen LogP contribution in [0.15, 0.2) is 29.2 Å². The van der Waals surface area contributed by atoms with Crippen LogP contribution in [0.25, 0.3) is 0 Å². The number of amides is 1. The van der Waals surface area contributed by atoms with E-state index < -0.39 is 16.0 Å². The van der Waals surface area contributed by atoms with Crippen LogP contribution in [0, 0.1) is 5.92 Å². The molecule has 0 unspecified atom stereocenters. The van der Waals surface area contributed by atoms with Crippen LogP contribution in [-0.4, -0.2) is 63.6 Å². The SMILES string of the molecule is C[C@H]1CCCC[C@@H]1NC(=O)COC(=O)c1cccc(S(=O)(=O)N2CCOCC2)c1. The van der Waals surface area contributed by atoms with Gasteiger partial charge in [0.2, 0.25) is 10.0 Å². The standard InChI is InChI=1S/C20H28N2O6S/c1-15-5-2-3-8-18(15)21-19(23)14-28-20(24)16-6-4-7-17(13-16)29(25,26)22-9-11-27-12-10-22/h4,6-7,13,15,18H,2-3,5,8-12,14H2,1H3,(H,21,23)/t15-,18-/m0/s1. The first-order valence-corrected chi connectivity index (χ1v) is 11.5. The summed E-state index contributed by atoms with van der Waals surface area (Å²) in [6, 6.07) is 5.81. The van der Waals surface area contributed by atoms with Gasteiger partial charge in [-0.25, -0.2) is 13.2 Å². The second-order valence-electron chi connectivity index (χ2n) is 7.56. The highest BCUT2D eigenvalue weighted by Crippen LogP contribution is 2.23. The number of ether oxygens (including phenoxy) is 2. The lowest BCUT2D eigenvalue weighted by molar-refractivity contribution is -0.125. The lowest BCUT2D eigenvalue weighted by Crippen LogP contribution is -2.42. The third kappa shape index (κ3) is 5.55. The average molecular weight is 425 g/mol. The fraction of sp³-hybridized carbons (Fsp3) is 0.600. The number of carbonyl (C=O) groups excluding carboxylic acids is 2. The van der Waals surface area contributed by atoms with Crippen molar-refractivity contribution in [3.8, 4) is 0 Å². The molecule has 2 atom stereocenters. The van der Waals surface area contributed by atoms with Gasteiger partial charge in [0.05, 0.1) is 23.7 Å². The summed E-state index contributed by atoms with van der Waals surface area (Å²) in [5.41, 5.74) is 0.0955. The summed E-state index contributed by atoms with van der Waals surface area (Å²) >= 11 is 0. The number of hydrogen-bond acceptors (Lipinski definition) is 6. The molecule has 0 radical (unpaired) electrons. The van der Waals surface area contributed by atoms with Crippen molar-refractivity contribution in [2.75, 3.05) is 32.9 Å².